The van der Waals surface area contributed by atoms with Crippen molar-refractivity contribution in [1.29, 1.82) is 0 Å². The van der Waals surface area contributed by atoms with Gasteiger partial charge in [-0.15, -0.1) is 0 Å². The van der Waals surface area contributed by atoms with Gasteiger partial charge < -0.3 is 50.8 Å². The Bertz CT molecular complexity index is 1080. The molecule has 0 spiro atoms. The zero-order valence-corrected chi connectivity index (χ0v) is 35.1. The first kappa shape index (κ1) is 50.0. The van der Waals surface area contributed by atoms with E-state index >= 15 is 0 Å². The van der Waals surface area contributed by atoms with Gasteiger partial charge in [-0.1, -0.05) is 12.8 Å². The molecule has 16 nitrogen and oxygen atoms in total. The Balaban J connectivity index is 4.76. The van der Waals surface area contributed by atoms with Crippen molar-refractivity contribution in [2.45, 2.75) is 182 Å². The highest BCUT2D eigenvalue weighted by molar-refractivity contribution is 5.86. The molecule has 0 aromatic heterocycles. The van der Waals surface area contributed by atoms with Crippen LogP contribution in [-0.4, -0.2) is 96.9 Å². The van der Waals surface area contributed by atoms with Gasteiger partial charge in [0.25, 0.3) is 0 Å². The number of ether oxygens (including phenoxy) is 4. The molecule has 16 heteroatoms. The summed E-state index contributed by atoms with van der Waals surface area (Å²) in [4.78, 5) is 74.6. The number of alkyl carbamates (subject to hydrolysis) is 4. The first-order valence-corrected chi connectivity index (χ1v) is 19.2. The van der Waals surface area contributed by atoms with Crippen LogP contribution in [0.3, 0.4) is 0 Å². The summed E-state index contributed by atoms with van der Waals surface area (Å²) in [6.07, 6.45) is 3.59. The van der Waals surface area contributed by atoms with Gasteiger partial charge in [-0.3, -0.25) is 9.59 Å². The molecule has 54 heavy (non-hydrogen) atoms. The molecule has 6 amide bonds. The monoisotopic (exact) mass is 773 g/mol. The van der Waals surface area contributed by atoms with Gasteiger partial charge in [0.05, 0.1) is 0 Å². The molecule has 6 N–H and O–H groups in total. The third kappa shape index (κ3) is 30.5. The standard InChI is InChI=1S/C38H72N6O10/c1-35(2,3)51-31(47)41-25-19-15-21-27(43-33(49)53-37(7,8)9)29(45)39-23-17-13-14-18-24-40-30(46)28(44-34(50)54-38(10,11)12)22-16-20-26-42-32(48)52-36(4,5)6/h27-28H,13-26H2,1-12H3,(H,39,45)(H,40,46)(H,41,47)(H,42,48)(H,43,49)(H,44,50). The molecule has 2 unspecified atom stereocenters. The van der Waals surface area contributed by atoms with Gasteiger partial charge in [-0.25, -0.2) is 19.2 Å². The molecule has 0 saturated carbocycles. The second-order valence-electron chi connectivity index (χ2n) is 17.2. The number of hydrogen-bond acceptors (Lipinski definition) is 10. The lowest BCUT2D eigenvalue weighted by atomic mass is 10.1. The molecule has 0 aromatic rings. The van der Waals surface area contributed by atoms with Gasteiger partial charge in [0.1, 0.15) is 34.5 Å². The van der Waals surface area contributed by atoms with Crippen molar-refractivity contribution in [3.8, 4) is 0 Å². The van der Waals surface area contributed by atoms with Gasteiger partial charge in [0.15, 0.2) is 0 Å². The van der Waals surface area contributed by atoms with Crippen molar-refractivity contribution >= 4 is 36.2 Å². The SMILES string of the molecule is CC(C)(C)OC(=O)NCCCCC(NC(=O)OC(C)(C)C)C(=O)NCCCCCCNC(=O)C(CCCCNC(=O)OC(C)(C)C)NC(=O)OC(C)(C)C. The van der Waals surface area contributed by atoms with E-state index in [1.54, 1.807) is 83.1 Å². The summed E-state index contributed by atoms with van der Waals surface area (Å²) in [7, 11) is 0. The molecule has 0 aromatic carbocycles. The molecule has 0 heterocycles. The number of amides is 6. The molecule has 2 atom stereocenters. The zero-order chi connectivity index (χ0) is 41.6. The van der Waals surface area contributed by atoms with E-state index in [2.05, 4.69) is 31.9 Å². The van der Waals surface area contributed by atoms with Crippen molar-refractivity contribution < 1.29 is 47.7 Å². The van der Waals surface area contributed by atoms with Crippen LogP contribution in [0.5, 0.6) is 0 Å². The molecular weight excluding hydrogens is 700 g/mol. The van der Waals surface area contributed by atoms with Crippen LogP contribution in [-0.2, 0) is 28.5 Å². The Kier molecular flexibility index (Phi) is 22.6. The highest BCUT2D eigenvalue weighted by atomic mass is 16.6. The first-order chi connectivity index (χ1) is 24.8. The van der Waals surface area contributed by atoms with E-state index in [-0.39, 0.29) is 11.8 Å². The quantitative estimate of drug-likeness (QED) is 0.0596. The summed E-state index contributed by atoms with van der Waals surface area (Å²) in [6.45, 7) is 22.7. The second-order valence-corrected chi connectivity index (χ2v) is 17.2. The molecule has 0 fully saturated rings. The maximum Gasteiger partial charge on any atom is 0.408 e. The van der Waals surface area contributed by atoms with E-state index in [0.29, 0.717) is 77.5 Å². The predicted octanol–water partition coefficient (Wildman–Crippen LogP) is 5.96. The van der Waals surface area contributed by atoms with Crippen molar-refractivity contribution in [3.05, 3.63) is 0 Å². The number of hydrogen-bond donors (Lipinski definition) is 6. The predicted molar refractivity (Wildman–Crippen MR) is 207 cm³/mol. The highest BCUT2D eigenvalue weighted by Crippen LogP contribution is 2.12. The Morgan fingerprint density at radius 2 is 0.630 bits per heavy atom. The minimum absolute atomic E-state index is 0.322. The smallest absolute Gasteiger partial charge is 0.408 e. The van der Waals surface area contributed by atoms with Gasteiger partial charge in [-0.05, 0) is 134 Å². The molecule has 0 radical (unpaired) electrons. The van der Waals surface area contributed by atoms with E-state index in [9.17, 15) is 28.8 Å². The van der Waals surface area contributed by atoms with E-state index < -0.39 is 58.9 Å². The molecule has 0 bridgehead atoms. The molecule has 0 aliphatic carbocycles. The van der Waals surface area contributed by atoms with Crippen LogP contribution >= 0.6 is 0 Å². The molecular formula is C38H72N6O10. The molecule has 0 saturated heterocycles. The Hall–Kier alpha value is -3.98. The first-order valence-electron chi connectivity index (χ1n) is 19.2. The molecule has 0 aliphatic rings. The van der Waals surface area contributed by atoms with Crippen molar-refractivity contribution in [2.24, 2.45) is 0 Å². The average Bonchev–Trinajstić information content (AvgIpc) is 2.97. The fourth-order valence-corrected chi connectivity index (χ4v) is 4.67. The number of carbonyl (C=O) groups is 6. The summed E-state index contributed by atoms with van der Waals surface area (Å²) < 4.78 is 21.2. The third-order valence-corrected chi connectivity index (χ3v) is 6.89. The molecule has 314 valence electrons. The minimum atomic E-state index is -0.805. The summed E-state index contributed by atoms with van der Waals surface area (Å²) in [6, 6.07) is -1.61. The average molecular weight is 773 g/mol. The van der Waals surface area contributed by atoms with Crippen molar-refractivity contribution in [1.82, 2.24) is 31.9 Å². The Morgan fingerprint density at radius 1 is 0.370 bits per heavy atom. The van der Waals surface area contributed by atoms with Crippen molar-refractivity contribution in [2.75, 3.05) is 26.2 Å². The highest BCUT2D eigenvalue weighted by Gasteiger charge is 2.26. The van der Waals surface area contributed by atoms with Gasteiger partial charge in [0.2, 0.25) is 11.8 Å². The van der Waals surface area contributed by atoms with Crippen LogP contribution in [0.1, 0.15) is 147 Å². The van der Waals surface area contributed by atoms with Gasteiger partial charge >= 0.3 is 24.4 Å². The minimum Gasteiger partial charge on any atom is -0.444 e. The largest absolute Gasteiger partial charge is 0.444 e. The summed E-state index contributed by atoms with van der Waals surface area (Å²) in [5.41, 5.74) is -2.64. The molecule has 0 rings (SSSR count). The van der Waals surface area contributed by atoms with Crippen LogP contribution < -0.4 is 31.9 Å². The zero-order valence-electron chi connectivity index (χ0n) is 35.1. The molecule has 0 aliphatic heterocycles. The number of rotatable bonds is 21. The van der Waals surface area contributed by atoms with E-state index in [1.807, 2.05) is 0 Å². The maximum absolute atomic E-state index is 13.0. The van der Waals surface area contributed by atoms with Crippen LogP contribution in [0.25, 0.3) is 0 Å². The van der Waals surface area contributed by atoms with E-state index in [4.69, 9.17) is 18.9 Å². The summed E-state index contributed by atoms with van der Waals surface area (Å²) >= 11 is 0. The van der Waals surface area contributed by atoms with Crippen LogP contribution in [0.2, 0.25) is 0 Å². The van der Waals surface area contributed by atoms with E-state index in [0.717, 1.165) is 12.8 Å². The lowest BCUT2D eigenvalue weighted by Crippen LogP contribution is -2.48. The van der Waals surface area contributed by atoms with E-state index in [1.165, 1.54) is 0 Å². The topological polar surface area (TPSA) is 212 Å². The number of nitrogens with one attached hydrogen (secondary N) is 6. The fourth-order valence-electron chi connectivity index (χ4n) is 4.67. The van der Waals surface area contributed by atoms with Crippen molar-refractivity contribution in [3.63, 3.8) is 0 Å². The number of unbranched alkanes of at least 4 members (excludes halogenated alkanes) is 5. The number of carbonyl (C=O) groups excluding carboxylic acids is 6. The Labute approximate surface area is 323 Å². The normalized spacial score (nSPS) is 13.0. The fraction of sp³-hybridized carbons (Fsp3) is 0.842. The third-order valence-electron chi connectivity index (χ3n) is 6.89. The van der Waals surface area contributed by atoms with Gasteiger partial charge in [-0.2, -0.15) is 0 Å². The summed E-state index contributed by atoms with van der Waals surface area (Å²) in [5, 5.41) is 16.5. The summed E-state index contributed by atoms with van der Waals surface area (Å²) in [5.74, 6) is -0.644. The van der Waals surface area contributed by atoms with Crippen LogP contribution in [0, 0.1) is 0 Å². The van der Waals surface area contributed by atoms with Crippen LogP contribution in [0.4, 0.5) is 19.2 Å². The second kappa shape index (κ2) is 24.4. The lowest BCUT2D eigenvalue weighted by Gasteiger charge is -2.23. The lowest BCUT2D eigenvalue weighted by molar-refractivity contribution is -0.124. The maximum atomic E-state index is 13.0. The van der Waals surface area contributed by atoms with Crippen LogP contribution in [0.15, 0.2) is 0 Å². The Morgan fingerprint density at radius 3 is 0.926 bits per heavy atom. The van der Waals surface area contributed by atoms with Gasteiger partial charge in [0, 0.05) is 26.2 Å².